The molecule has 150 valence electrons. The van der Waals surface area contributed by atoms with E-state index in [0.29, 0.717) is 11.9 Å². The van der Waals surface area contributed by atoms with Gasteiger partial charge in [-0.2, -0.15) is 0 Å². The maximum absolute atomic E-state index is 10.00. The van der Waals surface area contributed by atoms with Gasteiger partial charge in [-0.05, 0) is 50.7 Å². The summed E-state index contributed by atoms with van der Waals surface area (Å²) in [5, 5.41) is 0. The molecule has 26 heavy (non-hydrogen) atoms. The van der Waals surface area contributed by atoms with Gasteiger partial charge in [0.25, 0.3) is 0 Å². The monoisotopic (exact) mass is 402 g/mol. The predicted molar refractivity (Wildman–Crippen MR) is 113 cm³/mol. The Kier molecular flexibility index (Phi) is 24.1. The summed E-state index contributed by atoms with van der Waals surface area (Å²) in [5.74, 6) is 5.05. The highest BCUT2D eigenvalue weighted by molar-refractivity contribution is 8.76. The second-order valence-corrected chi connectivity index (χ2v) is 8.40. The third-order valence-corrected chi connectivity index (χ3v) is 5.56. The standard InChI is InChI=1S/C20H34O4S2/c21-15-11-7-3-1-5-9-13-17-23-19-25-26-20-24-18-14-10-6-2-4-8-12-16-22/h11-12H,1-10,13-14,17-20H2. The predicted octanol–water partition coefficient (Wildman–Crippen LogP) is 5.77. The van der Waals surface area contributed by atoms with Crippen LogP contribution in [0.4, 0.5) is 0 Å². The first-order chi connectivity index (χ1) is 12.9. The molecule has 0 saturated carbocycles. The van der Waals surface area contributed by atoms with Crippen molar-refractivity contribution in [3.8, 4) is 0 Å². The average molecular weight is 403 g/mol. The average Bonchev–Trinajstić information content (AvgIpc) is 2.66. The van der Waals surface area contributed by atoms with E-state index in [0.717, 1.165) is 51.7 Å². The minimum Gasteiger partial charge on any atom is -0.370 e. The first-order valence-corrected chi connectivity index (χ1v) is 12.2. The number of rotatable bonds is 21. The molecule has 0 atom stereocenters. The maximum Gasteiger partial charge on any atom is 0.120 e. The van der Waals surface area contributed by atoms with Crippen molar-refractivity contribution in [3.05, 3.63) is 12.2 Å². The molecule has 0 aromatic heterocycles. The lowest BCUT2D eigenvalue weighted by Crippen LogP contribution is -1.95. The molecule has 0 rings (SSSR count). The zero-order chi connectivity index (χ0) is 19.0. The van der Waals surface area contributed by atoms with Gasteiger partial charge in [-0.3, -0.25) is 0 Å². The van der Waals surface area contributed by atoms with Crippen molar-refractivity contribution in [3.63, 3.8) is 0 Å². The molecule has 0 radical (unpaired) electrons. The van der Waals surface area contributed by atoms with Crippen LogP contribution < -0.4 is 0 Å². The van der Waals surface area contributed by atoms with E-state index in [-0.39, 0.29) is 0 Å². The van der Waals surface area contributed by atoms with E-state index in [9.17, 15) is 9.59 Å². The van der Waals surface area contributed by atoms with Gasteiger partial charge in [0.15, 0.2) is 0 Å². The highest BCUT2D eigenvalue weighted by Gasteiger charge is 1.95. The molecule has 6 heteroatoms. The number of unbranched alkanes of at least 4 members (excludes halogenated alkanes) is 10. The van der Waals surface area contributed by atoms with Crippen LogP contribution in [0.5, 0.6) is 0 Å². The van der Waals surface area contributed by atoms with Crippen LogP contribution in [0.15, 0.2) is 12.2 Å². The molecule has 0 aromatic rings. The summed E-state index contributed by atoms with van der Waals surface area (Å²) in [7, 11) is 3.41. The largest absolute Gasteiger partial charge is 0.370 e. The van der Waals surface area contributed by atoms with Crippen LogP contribution in [0, 0.1) is 0 Å². The lowest BCUT2D eigenvalue weighted by Gasteiger charge is -2.05. The van der Waals surface area contributed by atoms with Gasteiger partial charge >= 0.3 is 0 Å². The first kappa shape index (κ1) is 25.5. The minimum absolute atomic E-state index is 0.716. The summed E-state index contributed by atoms with van der Waals surface area (Å²) >= 11 is 0. The molecule has 0 aliphatic rings. The number of hydrogen-bond acceptors (Lipinski definition) is 6. The third-order valence-electron chi connectivity index (χ3n) is 3.79. The summed E-state index contributed by atoms with van der Waals surface area (Å²) < 4.78 is 11.2. The molecule has 0 spiro atoms. The van der Waals surface area contributed by atoms with Gasteiger partial charge in [-0.1, -0.05) is 60.1 Å². The quantitative estimate of drug-likeness (QED) is 0.105. The highest BCUT2D eigenvalue weighted by atomic mass is 33.1. The number of hydrogen-bond donors (Lipinski definition) is 0. The molecule has 0 saturated heterocycles. The van der Waals surface area contributed by atoms with Gasteiger partial charge in [0.2, 0.25) is 0 Å². The smallest absolute Gasteiger partial charge is 0.120 e. The number of ether oxygens (including phenoxy) is 2. The molecule has 0 heterocycles. The van der Waals surface area contributed by atoms with E-state index in [4.69, 9.17) is 9.47 Å². The first-order valence-electron chi connectivity index (χ1n) is 9.70. The van der Waals surface area contributed by atoms with Crippen molar-refractivity contribution in [1.29, 1.82) is 0 Å². The molecule has 0 unspecified atom stereocenters. The summed E-state index contributed by atoms with van der Waals surface area (Å²) in [6, 6.07) is 0. The van der Waals surface area contributed by atoms with Crippen molar-refractivity contribution in [2.24, 2.45) is 0 Å². The van der Waals surface area contributed by atoms with Gasteiger partial charge in [0, 0.05) is 13.2 Å². The fourth-order valence-electron chi connectivity index (χ4n) is 2.33. The normalized spacial score (nSPS) is 10.3. The summed E-state index contributed by atoms with van der Waals surface area (Å²) in [6.07, 6.45) is 16.4. The molecular formula is C20H34O4S2. The molecule has 4 nitrogen and oxygen atoms in total. The molecule has 0 amide bonds. The molecule has 0 aromatic carbocycles. The SMILES string of the molecule is O=C=CCCCCCCCOCSSCOCCCCCCCC=C=O. The zero-order valence-corrected chi connectivity index (χ0v) is 17.6. The lowest BCUT2D eigenvalue weighted by atomic mass is 10.1. The van der Waals surface area contributed by atoms with Crippen molar-refractivity contribution < 1.29 is 19.1 Å². The van der Waals surface area contributed by atoms with E-state index in [1.165, 1.54) is 38.5 Å². The minimum atomic E-state index is 0.716. The van der Waals surface area contributed by atoms with E-state index < -0.39 is 0 Å². The van der Waals surface area contributed by atoms with Crippen molar-refractivity contribution in [2.75, 3.05) is 25.1 Å². The Morgan fingerprint density at radius 2 is 0.962 bits per heavy atom. The molecular weight excluding hydrogens is 368 g/mol. The summed E-state index contributed by atoms with van der Waals surface area (Å²) in [4.78, 5) is 20.0. The molecule has 0 aliphatic carbocycles. The fraction of sp³-hybridized carbons (Fsp3) is 0.800. The Morgan fingerprint density at radius 3 is 1.38 bits per heavy atom. The molecule has 0 bridgehead atoms. The number of allylic oxidation sites excluding steroid dienone is 2. The van der Waals surface area contributed by atoms with Gasteiger partial charge < -0.3 is 9.47 Å². The van der Waals surface area contributed by atoms with Crippen LogP contribution in [-0.2, 0) is 19.1 Å². The Hall–Kier alpha value is -0.480. The van der Waals surface area contributed by atoms with E-state index in [2.05, 4.69) is 0 Å². The number of carbonyl (C=O) groups excluding carboxylic acids is 2. The van der Waals surface area contributed by atoms with Crippen molar-refractivity contribution >= 4 is 33.5 Å². The van der Waals surface area contributed by atoms with Crippen LogP contribution in [0.3, 0.4) is 0 Å². The van der Waals surface area contributed by atoms with Crippen molar-refractivity contribution in [1.82, 2.24) is 0 Å². The van der Waals surface area contributed by atoms with Gasteiger partial charge in [-0.15, -0.1) is 0 Å². The van der Waals surface area contributed by atoms with Crippen LogP contribution >= 0.6 is 21.6 Å². The van der Waals surface area contributed by atoms with E-state index in [1.54, 1.807) is 33.7 Å². The zero-order valence-electron chi connectivity index (χ0n) is 15.9. The highest BCUT2D eigenvalue weighted by Crippen LogP contribution is 2.21. The summed E-state index contributed by atoms with van der Waals surface area (Å²) in [5.41, 5.74) is 0. The van der Waals surface area contributed by atoms with Gasteiger partial charge in [0.05, 0.1) is 0 Å². The molecule has 0 aliphatic heterocycles. The van der Waals surface area contributed by atoms with E-state index >= 15 is 0 Å². The second-order valence-electron chi connectivity index (χ2n) is 6.04. The molecule has 0 N–H and O–H groups in total. The van der Waals surface area contributed by atoms with Crippen molar-refractivity contribution in [2.45, 2.75) is 77.0 Å². The van der Waals surface area contributed by atoms with Crippen LogP contribution in [0.2, 0.25) is 0 Å². The topological polar surface area (TPSA) is 52.6 Å². The third kappa shape index (κ3) is 23.5. The van der Waals surface area contributed by atoms with Crippen LogP contribution in [-0.4, -0.2) is 37.0 Å². The molecule has 0 fully saturated rings. The van der Waals surface area contributed by atoms with Gasteiger partial charge in [0.1, 0.15) is 23.8 Å². The fourth-order valence-corrected chi connectivity index (χ4v) is 3.66. The van der Waals surface area contributed by atoms with E-state index in [1.807, 2.05) is 11.9 Å². The Morgan fingerprint density at radius 1 is 0.577 bits per heavy atom. The Balaban J connectivity index is 3.00. The maximum atomic E-state index is 10.00. The Labute approximate surface area is 166 Å². The van der Waals surface area contributed by atoms with Gasteiger partial charge in [-0.25, -0.2) is 9.59 Å². The lowest BCUT2D eigenvalue weighted by molar-refractivity contribution is 0.175. The van der Waals surface area contributed by atoms with Crippen LogP contribution in [0.25, 0.3) is 0 Å². The second kappa shape index (κ2) is 24.5. The summed E-state index contributed by atoms with van der Waals surface area (Å²) in [6.45, 7) is 1.65. The Bertz CT molecular complexity index is 342. The van der Waals surface area contributed by atoms with Crippen LogP contribution in [0.1, 0.15) is 77.0 Å².